The number of thioether (sulfide) groups is 1. The summed E-state index contributed by atoms with van der Waals surface area (Å²) in [4.78, 5) is 8.51. The van der Waals surface area contributed by atoms with Gasteiger partial charge in [-0.15, -0.1) is 11.8 Å². The molecule has 0 spiro atoms. The molecule has 2 aromatic rings. The molecule has 0 radical (unpaired) electrons. The molecule has 4 N–H and O–H groups in total. The van der Waals surface area contributed by atoms with E-state index in [9.17, 15) is 0 Å². The van der Waals surface area contributed by atoms with Crippen LogP contribution in [0.3, 0.4) is 0 Å². The van der Waals surface area contributed by atoms with Crippen molar-refractivity contribution in [3.63, 3.8) is 0 Å². The number of benzene rings is 1. The monoisotopic (exact) mass is 388 g/mol. The van der Waals surface area contributed by atoms with Crippen LogP contribution in [-0.4, -0.2) is 23.3 Å². The van der Waals surface area contributed by atoms with Crippen molar-refractivity contribution >= 4 is 23.5 Å². The zero-order chi connectivity index (χ0) is 20.6. The van der Waals surface area contributed by atoms with Crippen LogP contribution >= 0.6 is 11.8 Å². The molecule has 0 aliphatic rings. The molecule has 2 rings (SSSR count). The van der Waals surface area contributed by atoms with Crippen molar-refractivity contribution < 1.29 is 4.74 Å². The van der Waals surface area contributed by atoms with Gasteiger partial charge in [-0.3, -0.25) is 0 Å². The Morgan fingerprint density at radius 3 is 1.89 bits per heavy atom. The first-order valence-corrected chi connectivity index (χ1v) is 10.3. The van der Waals surface area contributed by atoms with Crippen molar-refractivity contribution in [2.24, 2.45) is 0 Å². The van der Waals surface area contributed by atoms with E-state index >= 15 is 0 Å². The Balaban J connectivity index is 2.69. The maximum absolute atomic E-state index is 6.18. The summed E-state index contributed by atoms with van der Waals surface area (Å²) >= 11 is 1.53. The number of ether oxygens (including phenoxy) is 1. The number of anilines is 2. The highest BCUT2D eigenvalue weighted by Crippen LogP contribution is 2.41. The highest BCUT2D eigenvalue weighted by molar-refractivity contribution is 7.98. The standard InChI is InChI=1S/C21H32N4OS/c1-20(2,3)14-10-12(11-15(16(14)26-7)21(4,5)6)9-13-17(22)24-19(23)25-18(13)27-8/h10-11H,9H2,1-8H3,(H4,22,23,24,25). The Morgan fingerprint density at radius 1 is 0.963 bits per heavy atom. The van der Waals surface area contributed by atoms with E-state index in [1.54, 1.807) is 7.11 Å². The van der Waals surface area contributed by atoms with Crippen LogP contribution in [0.25, 0.3) is 0 Å². The smallest absolute Gasteiger partial charge is 0.223 e. The fourth-order valence-electron chi connectivity index (χ4n) is 3.16. The Kier molecular flexibility index (Phi) is 6.00. The first-order valence-electron chi connectivity index (χ1n) is 9.06. The van der Waals surface area contributed by atoms with Gasteiger partial charge < -0.3 is 16.2 Å². The van der Waals surface area contributed by atoms with Crippen LogP contribution in [0.5, 0.6) is 5.75 Å². The van der Waals surface area contributed by atoms with Gasteiger partial charge in [0, 0.05) is 23.1 Å². The van der Waals surface area contributed by atoms with Gasteiger partial charge in [0.05, 0.1) is 7.11 Å². The SMILES string of the molecule is COc1c(C(C)(C)C)cc(Cc2c(N)nc(N)nc2SC)cc1C(C)(C)C. The lowest BCUT2D eigenvalue weighted by Crippen LogP contribution is -2.20. The van der Waals surface area contributed by atoms with Crippen molar-refractivity contribution in [1.82, 2.24) is 9.97 Å². The van der Waals surface area contributed by atoms with Crippen molar-refractivity contribution in [3.05, 3.63) is 34.4 Å². The normalized spacial score (nSPS) is 12.3. The molecule has 0 unspecified atom stereocenters. The van der Waals surface area contributed by atoms with Gasteiger partial charge in [0.25, 0.3) is 0 Å². The second kappa shape index (κ2) is 7.58. The van der Waals surface area contributed by atoms with E-state index in [-0.39, 0.29) is 16.8 Å². The Bertz CT molecular complexity index is 800. The summed E-state index contributed by atoms with van der Waals surface area (Å²) in [5.41, 5.74) is 16.3. The molecule has 148 valence electrons. The highest BCUT2D eigenvalue weighted by Gasteiger charge is 2.28. The number of nitrogens with two attached hydrogens (primary N) is 2. The second-order valence-corrected chi connectivity index (χ2v) is 9.65. The van der Waals surface area contributed by atoms with Crippen LogP contribution in [-0.2, 0) is 17.3 Å². The molecule has 1 aromatic heterocycles. The van der Waals surface area contributed by atoms with Crippen molar-refractivity contribution in [2.45, 2.75) is 63.8 Å². The number of nitrogen functional groups attached to an aromatic ring is 2. The maximum atomic E-state index is 6.18. The van der Waals surface area contributed by atoms with Crippen molar-refractivity contribution in [3.8, 4) is 5.75 Å². The average molecular weight is 389 g/mol. The largest absolute Gasteiger partial charge is 0.496 e. The van der Waals surface area contributed by atoms with Gasteiger partial charge >= 0.3 is 0 Å². The molecule has 0 bridgehead atoms. The number of aromatic nitrogens is 2. The molecule has 0 aliphatic heterocycles. The summed E-state index contributed by atoms with van der Waals surface area (Å²) in [6.45, 7) is 13.2. The molecule has 0 fully saturated rings. The number of rotatable bonds is 4. The van der Waals surface area contributed by atoms with Gasteiger partial charge in [-0.05, 0) is 22.6 Å². The summed E-state index contributed by atoms with van der Waals surface area (Å²) in [5.74, 6) is 1.61. The first-order chi connectivity index (χ1) is 12.4. The molecule has 0 aliphatic carbocycles. The molecule has 5 nitrogen and oxygen atoms in total. The summed E-state index contributed by atoms with van der Waals surface area (Å²) in [7, 11) is 1.75. The minimum absolute atomic E-state index is 0.0488. The zero-order valence-corrected chi connectivity index (χ0v) is 18.5. The molecule has 0 saturated carbocycles. The summed E-state index contributed by atoms with van der Waals surface area (Å²) in [5, 5.41) is 0.824. The van der Waals surface area contributed by atoms with E-state index in [1.807, 2.05) is 6.26 Å². The van der Waals surface area contributed by atoms with Crippen LogP contribution in [0.4, 0.5) is 11.8 Å². The van der Waals surface area contributed by atoms with Gasteiger partial charge in [0.15, 0.2) is 0 Å². The highest BCUT2D eigenvalue weighted by atomic mass is 32.2. The van der Waals surface area contributed by atoms with Gasteiger partial charge in [-0.1, -0.05) is 53.7 Å². The lowest BCUT2D eigenvalue weighted by molar-refractivity contribution is 0.381. The third-order valence-corrected chi connectivity index (χ3v) is 5.29. The van der Waals surface area contributed by atoms with Crippen LogP contribution in [0.15, 0.2) is 17.2 Å². The number of methoxy groups -OCH3 is 1. The number of hydrogen-bond acceptors (Lipinski definition) is 6. The van der Waals surface area contributed by atoms with Crippen molar-refractivity contribution in [2.75, 3.05) is 24.8 Å². The molecule has 0 atom stereocenters. The Hall–Kier alpha value is -1.95. The molecule has 0 saturated heterocycles. The minimum atomic E-state index is -0.0488. The number of hydrogen-bond donors (Lipinski definition) is 2. The quantitative estimate of drug-likeness (QED) is 0.590. The van der Waals surface area contributed by atoms with E-state index in [4.69, 9.17) is 16.2 Å². The Morgan fingerprint density at radius 2 is 1.48 bits per heavy atom. The summed E-state index contributed by atoms with van der Waals surface area (Å²) < 4.78 is 5.85. The lowest BCUT2D eigenvalue weighted by Gasteiger charge is -2.30. The second-order valence-electron chi connectivity index (χ2n) is 8.86. The third-order valence-electron chi connectivity index (χ3n) is 4.56. The molecular formula is C21H32N4OS. The van der Waals surface area contributed by atoms with E-state index < -0.39 is 0 Å². The van der Waals surface area contributed by atoms with E-state index in [1.165, 1.54) is 28.5 Å². The fraction of sp³-hybridized carbons (Fsp3) is 0.524. The predicted octanol–water partition coefficient (Wildman–Crippen LogP) is 4.56. The fourth-order valence-corrected chi connectivity index (χ4v) is 3.77. The number of nitrogens with zero attached hydrogens (tertiary/aromatic N) is 2. The van der Waals surface area contributed by atoms with E-state index in [2.05, 4.69) is 63.6 Å². The van der Waals surface area contributed by atoms with E-state index in [0.29, 0.717) is 12.2 Å². The van der Waals surface area contributed by atoms with E-state index in [0.717, 1.165) is 16.3 Å². The molecule has 27 heavy (non-hydrogen) atoms. The maximum Gasteiger partial charge on any atom is 0.223 e. The summed E-state index contributed by atoms with van der Waals surface area (Å²) in [6, 6.07) is 4.43. The topological polar surface area (TPSA) is 87.0 Å². The predicted molar refractivity (Wildman–Crippen MR) is 116 cm³/mol. The van der Waals surface area contributed by atoms with Crippen molar-refractivity contribution in [1.29, 1.82) is 0 Å². The lowest BCUT2D eigenvalue weighted by atomic mass is 9.78. The third kappa shape index (κ3) is 4.67. The van der Waals surface area contributed by atoms with Crippen LogP contribution in [0.2, 0.25) is 0 Å². The van der Waals surface area contributed by atoms with Gasteiger partial charge in [-0.25, -0.2) is 4.98 Å². The van der Waals surface area contributed by atoms with Gasteiger partial charge in [0.1, 0.15) is 16.6 Å². The first kappa shape index (κ1) is 21.4. The molecule has 0 amide bonds. The minimum Gasteiger partial charge on any atom is -0.496 e. The zero-order valence-electron chi connectivity index (χ0n) is 17.7. The van der Waals surface area contributed by atoms with Crippen LogP contribution < -0.4 is 16.2 Å². The van der Waals surface area contributed by atoms with Crippen LogP contribution in [0.1, 0.15) is 63.8 Å². The summed E-state index contributed by atoms with van der Waals surface area (Å²) in [6.07, 6.45) is 2.62. The Labute approximate surface area is 167 Å². The van der Waals surface area contributed by atoms with Gasteiger partial charge in [-0.2, -0.15) is 4.98 Å². The molecule has 6 heteroatoms. The van der Waals surface area contributed by atoms with Gasteiger partial charge in [0.2, 0.25) is 5.95 Å². The molecular weight excluding hydrogens is 356 g/mol. The molecule has 1 aromatic carbocycles. The van der Waals surface area contributed by atoms with Crippen LogP contribution in [0, 0.1) is 0 Å². The molecule has 1 heterocycles. The average Bonchev–Trinajstić information content (AvgIpc) is 2.54.